The number of hydrogen-bond donors (Lipinski definition) is 0. The molecule has 0 N–H and O–H groups in total. The van der Waals surface area contributed by atoms with E-state index in [1.165, 1.54) is 36.0 Å². The molecule has 3 rings (SSSR count). The molecule has 0 unspecified atom stereocenters. The lowest BCUT2D eigenvalue weighted by atomic mass is 10.3. The van der Waals surface area contributed by atoms with Gasteiger partial charge in [-0.1, -0.05) is 11.8 Å². The molecule has 0 aromatic heterocycles. The quantitative estimate of drug-likeness (QED) is 0.273. The molecule has 2 aromatic carbocycles. The van der Waals surface area contributed by atoms with Gasteiger partial charge in [0.2, 0.25) is 0 Å². The zero-order chi connectivity index (χ0) is 17.6. The van der Waals surface area contributed by atoms with Crippen LogP contribution in [0.5, 0.6) is 0 Å². The maximum atomic E-state index is 13.1. The molecule has 1 aliphatic heterocycles. The Balaban J connectivity index is 1.85. The Bertz CT molecular complexity index is 760. The number of nitrogens with zero attached hydrogens (tertiary/aromatic N) is 3. The van der Waals surface area contributed by atoms with Gasteiger partial charge in [-0.3, -0.25) is 10.1 Å². The third kappa shape index (κ3) is 4.77. The molecule has 1 aliphatic rings. The molecule has 0 spiro atoms. The van der Waals surface area contributed by atoms with Crippen LogP contribution in [0.4, 0.5) is 15.8 Å². The molecule has 0 radical (unpaired) electrons. The summed E-state index contributed by atoms with van der Waals surface area (Å²) in [6, 6.07) is 12.3. The highest BCUT2D eigenvalue weighted by molar-refractivity contribution is 8.13. The number of amidine groups is 1. The Morgan fingerprint density at radius 3 is 2.36 bits per heavy atom. The standard InChI is InChI=1S/C17H16FN3O3S/c18-13-1-3-14(4-2-13)19-17(20-9-11-24-12-10-20)25-16-7-5-15(6-8-16)21(22)23/h1-8H,9-12H2. The van der Waals surface area contributed by atoms with Crippen LogP contribution in [0.3, 0.4) is 0 Å². The summed E-state index contributed by atoms with van der Waals surface area (Å²) in [5, 5.41) is 11.5. The second-order valence-corrected chi connectivity index (χ2v) is 6.36. The summed E-state index contributed by atoms with van der Waals surface area (Å²) in [4.78, 5) is 17.9. The largest absolute Gasteiger partial charge is 0.378 e. The van der Waals surface area contributed by atoms with Crippen LogP contribution >= 0.6 is 11.8 Å². The predicted molar refractivity (Wildman–Crippen MR) is 94.8 cm³/mol. The Labute approximate surface area is 148 Å². The van der Waals surface area contributed by atoms with Crippen molar-refractivity contribution in [3.8, 4) is 0 Å². The van der Waals surface area contributed by atoms with Crippen molar-refractivity contribution in [2.45, 2.75) is 4.90 Å². The Morgan fingerprint density at radius 2 is 1.76 bits per heavy atom. The number of hydrogen-bond acceptors (Lipinski definition) is 5. The Kier molecular flexibility index (Phi) is 5.62. The van der Waals surface area contributed by atoms with Gasteiger partial charge in [-0.25, -0.2) is 9.38 Å². The van der Waals surface area contributed by atoms with Gasteiger partial charge in [0.05, 0.1) is 23.8 Å². The zero-order valence-electron chi connectivity index (χ0n) is 13.3. The van der Waals surface area contributed by atoms with Gasteiger partial charge in [-0.2, -0.15) is 0 Å². The number of aliphatic imine (C=N–C) groups is 1. The monoisotopic (exact) mass is 361 g/mol. The molecule has 6 nitrogen and oxygen atoms in total. The Hall–Kier alpha value is -2.45. The maximum Gasteiger partial charge on any atom is 0.269 e. The normalized spacial score (nSPS) is 15.2. The lowest BCUT2D eigenvalue weighted by molar-refractivity contribution is -0.384. The van der Waals surface area contributed by atoms with Crippen LogP contribution in [0.15, 0.2) is 58.4 Å². The first-order valence-corrected chi connectivity index (χ1v) is 8.53. The van der Waals surface area contributed by atoms with Gasteiger partial charge in [-0.15, -0.1) is 0 Å². The lowest BCUT2D eigenvalue weighted by Crippen LogP contribution is -2.39. The molecule has 0 aliphatic carbocycles. The number of nitro groups is 1. The molecule has 0 atom stereocenters. The van der Waals surface area contributed by atoms with Crippen molar-refractivity contribution >= 4 is 28.3 Å². The molecular weight excluding hydrogens is 345 g/mol. The van der Waals surface area contributed by atoms with Gasteiger partial charge < -0.3 is 9.64 Å². The van der Waals surface area contributed by atoms with Gasteiger partial charge in [0.15, 0.2) is 5.17 Å². The average Bonchev–Trinajstić information content (AvgIpc) is 2.64. The molecule has 1 saturated heterocycles. The minimum atomic E-state index is -0.427. The second-order valence-electron chi connectivity index (χ2n) is 5.32. The minimum Gasteiger partial charge on any atom is -0.378 e. The van der Waals surface area contributed by atoms with Crippen molar-refractivity contribution in [1.82, 2.24) is 4.90 Å². The van der Waals surface area contributed by atoms with Crippen molar-refractivity contribution in [2.75, 3.05) is 26.3 Å². The first-order valence-electron chi connectivity index (χ1n) is 7.71. The summed E-state index contributed by atoms with van der Waals surface area (Å²) in [6.45, 7) is 2.65. The fraction of sp³-hybridized carbons (Fsp3) is 0.235. The number of benzene rings is 2. The van der Waals surface area contributed by atoms with Crippen LogP contribution in [0.25, 0.3) is 0 Å². The van der Waals surface area contributed by atoms with Gasteiger partial charge in [0, 0.05) is 30.1 Å². The molecule has 0 saturated carbocycles. The van der Waals surface area contributed by atoms with E-state index in [9.17, 15) is 14.5 Å². The number of non-ortho nitro benzene ring substituents is 1. The second kappa shape index (κ2) is 8.09. The highest BCUT2D eigenvalue weighted by atomic mass is 32.2. The molecule has 25 heavy (non-hydrogen) atoms. The topological polar surface area (TPSA) is 68.0 Å². The third-order valence-corrected chi connectivity index (χ3v) is 4.63. The SMILES string of the molecule is O=[N+]([O-])c1ccc(SC(=Nc2ccc(F)cc2)N2CCOCC2)cc1. The molecule has 0 bridgehead atoms. The molecule has 130 valence electrons. The van der Waals surface area contributed by atoms with Crippen molar-refractivity contribution in [2.24, 2.45) is 4.99 Å². The summed E-state index contributed by atoms with van der Waals surface area (Å²) in [7, 11) is 0. The van der Waals surface area contributed by atoms with E-state index in [2.05, 4.69) is 9.89 Å². The number of nitro benzene ring substituents is 1. The first kappa shape index (κ1) is 17.4. The zero-order valence-corrected chi connectivity index (χ0v) is 14.1. The van der Waals surface area contributed by atoms with Crippen LogP contribution in [0.1, 0.15) is 0 Å². The number of halogens is 1. The summed E-state index contributed by atoms with van der Waals surface area (Å²) in [5.41, 5.74) is 0.699. The highest BCUT2D eigenvalue weighted by Crippen LogP contribution is 2.27. The lowest BCUT2D eigenvalue weighted by Gasteiger charge is -2.29. The van der Waals surface area contributed by atoms with Crippen LogP contribution in [0, 0.1) is 15.9 Å². The van der Waals surface area contributed by atoms with E-state index in [0.717, 1.165) is 10.1 Å². The van der Waals surface area contributed by atoms with Crippen LogP contribution in [0.2, 0.25) is 0 Å². The third-order valence-electron chi connectivity index (χ3n) is 3.59. The molecule has 1 heterocycles. The van der Waals surface area contributed by atoms with Crippen molar-refractivity contribution < 1.29 is 14.1 Å². The van der Waals surface area contributed by atoms with Gasteiger partial charge in [-0.05, 0) is 36.4 Å². The van der Waals surface area contributed by atoms with E-state index in [1.807, 2.05) is 0 Å². The minimum absolute atomic E-state index is 0.0488. The van der Waals surface area contributed by atoms with Crippen LogP contribution < -0.4 is 0 Å². The maximum absolute atomic E-state index is 13.1. The van der Waals surface area contributed by atoms with Gasteiger partial charge in [0.25, 0.3) is 5.69 Å². The van der Waals surface area contributed by atoms with Crippen LogP contribution in [-0.4, -0.2) is 41.3 Å². The molecular formula is C17H16FN3O3S. The highest BCUT2D eigenvalue weighted by Gasteiger charge is 2.17. The summed E-state index contributed by atoms with van der Waals surface area (Å²) in [6.07, 6.45) is 0. The summed E-state index contributed by atoms with van der Waals surface area (Å²) < 4.78 is 18.5. The van der Waals surface area contributed by atoms with Crippen molar-refractivity contribution in [3.63, 3.8) is 0 Å². The number of morpholine rings is 1. The average molecular weight is 361 g/mol. The van der Waals surface area contributed by atoms with Crippen molar-refractivity contribution in [1.29, 1.82) is 0 Å². The van der Waals surface area contributed by atoms with Gasteiger partial charge >= 0.3 is 0 Å². The van der Waals surface area contributed by atoms with E-state index >= 15 is 0 Å². The summed E-state index contributed by atoms with van der Waals surface area (Å²) in [5.74, 6) is -0.310. The molecule has 0 amide bonds. The smallest absolute Gasteiger partial charge is 0.269 e. The molecule has 1 fully saturated rings. The van der Waals surface area contributed by atoms with E-state index in [4.69, 9.17) is 4.74 Å². The van der Waals surface area contributed by atoms with E-state index in [1.54, 1.807) is 24.3 Å². The summed E-state index contributed by atoms with van der Waals surface area (Å²) >= 11 is 1.42. The number of thioether (sulfide) groups is 1. The van der Waals surface area contributed by atoms with Gasteiger partial charge in [0.1, 0.15) is 5.82 Å². The molecule has 2 aromatic rings. The number of rotatable bonds is 3. The Morgan fingerprint density at radius 1 is 1.12 bits per heavy atom. The van der Waals surface area contributed by atoms with E-state index < -0.39 is 4.92 Å². The van der Waals surface area contributed by atoms with Crippen molar-refractivity contribution in [3.05, 3.63) is 64.5 Å². The fourth-order valence-electron chi connectivity index (χ4n) is 2.28. The van der Waals surface area contributed by atoms with E-state index in [0.29, 0.717) is 32.0 Å². The van der Waals surface area contributed by atoms with E-state index in [-0.39, 0.29) is 11.5 Å². The van der Waals surface area contributed by atoms with Crippen LogP contribution in [-0.2, 0) is 4.74 Å². The fourth-order valence-corrected chi connectivity index (χ4v) is 3.23. The first-order chi connectivity index (χ1) is 12.1. The number of ether oxygens (including phenoxy) is 1. The predicted octanol–water partition coefficient (Wildman–Crippen LogP) is 3.85. The molecule has 8 heteroatoms.